The third-order valence-corrected chi connectivity index (χ3v) is 6.73. The monoisotopic (exact) mass is 456 g/mol. The van der Waals surface area contributed by atoms with Gasteiger partial charge in [0.05, 0.1) is 22.3 Å². The Kier molecular flexibility index (Phi) is 5.51. The fourth-order valence-corrected chi connectivity index (χ4v) is 5.03. The minimum absolute atomic E-state index is 0.125. The highest BCUT2D eigenvalue weighted by molar-refractivity contribution is 6.33. The normalized spacial score (nSPS) is 21.5. The van der Waals surface area contributed by atoms with Gasteiger partial charge in [-0.3, -0.25) is 4.79 Å². The van der Waals surface area contributed by atoms with Gasteiger partial charge in [-0.1, -0.05) is 11.6 Å². The molecule has 0 radical (unpaired) electrons. The van der Waals surface area contributed by atoms with Crippen molar-refractivity contribution in [1.29, 1.82) is 0 Å². The number of nitrogens with two attached hydrogens (primary N) is 1. The molecule has 2 N–H and O–H groups in total. The van der Waals surface area contributed by atoms with Crippen molar-refractivity contribution >= 4 is 29.0 Å². The first-order chi connectivity index (χ1) is 15.4. The molecule has 32 heavy (non-hydrogen) atoms. The lowest BCUT2D eigenvalue weighted by atomic mass is 9.98. The molecular formula is C23H26ClFN6O. The number of hydrogen-bond acceptors (Lipinski definition) is 5. The molecule has 168 valence electrons. The van der Waals surface area contributed by atoms with Gasteiger partial charge in [0.1, 0.15) is 11.6 Å². The maximum atomic E-state index is 13.5. The van der Waals surface area contributed by atoms with Gasteiger partial charge in [0.15, 0.2) is 5.65 Å². The van der Waals surface area contributed by atoms with Gasteiger partial charge in [0.25, 0.3) is 5.91 Å². The summed E-state index contributed by atoms with van der Waals surface area (Å²) in [5.74, 6) is 0.275. The Morgan fingerprint density at radius 3 is 2.81 bits per heavy atom. The summed E-state index contributed by atoms with van der Waals surface area (Å²) in [5, 5.41) is 4.89. The maximum Gasteiger partial charge on any atom is 0.255 e. The summed E-state index contributed by atoms with van der Waals surface area (Å²) < 4.78 is 15.3. The van der Waals surface area contributed by atoms with E-state index in [-0.39, 0.29) is 23.0 Å². The molecule has 0 aliphatic carbocycles. The quantitative estimate of drug-likeness (QED) is 0.649. The maximum absolute atomic E-state index is 13.5. The number of rotatable bonds is 3. The molecule has 2 fully saturated rings. The number of benzene rings is 1. The van der Waals surface area contributed by atoms with E-state index in [4.69, 9.17) is 27.4 Å². The molecule has 3 aromatic rings. The lowest BCUT2D eigenvalue weighted by Crippen LogP contribution is -2.38. The predicted molar refractivity (Wildman–Crippen MR) is 122 cm³/mol. The lowest BCUT2D eigenvalue weighted by Gasteiger charge is -2.35. The van der Waals surface area contributed by atoms with Crippen LogP contribution in [0.3, 0.4) is 0 Å². The van der Waals surface area contributed by atoms with E-state index < -0.39 is 5.82 Å². The summed E-state index contributed by atoms with van der Waals surface area (Å²) in [4.78, 5) is 22.2. The standard InChI is InChI=1S/C23H26ClFN6O/c1-14-12-31-21(27-22(14)29-9-7-16(26)13-29)11-19(28-31)20-4-2-3-8-30(20)23(32)17-6-5-15(25)10-18(17)24/h5-6,10-12,16,20H,2-4,7-9,13,26H2,1H3/t16-,20-/m0/s1. The Hall–Kier alpha value is -2.71. The molecule has 2 aliphatic heterocycles. The van der Waals surface area contributed by atoms with Gasteiger partial charge in [0, 0.05) is 43.5 Å². The third kappa shape index (κ3) is 3.82. The Bertz CT molecular complexity index is 1180. The second-order valence-corrected chi connectivity index (χ2v) is 9.16. The zero-order valence-electron chi connectivity index (χ0n) is 18.0. The number of anilines is 1. The number of halogens is 2. The average molecular weight is 457 g/mol. The third-order valence-electron chi connectivity index (χ3n) is 6.41. The zero-order valence-corrected chi connectivity index (χ0v) is 18.7. The fourth-order valence-electron chi connectivity index (χ4n) is 4.78. The highest BCUT2D eigenvalue weighted by atomic mass is 35.5. The predicted octanol–water partition coefficient (Wildman–Crippen LogP) is 3.74. The van der Waals surface area contributed by atoms with Crippen molar-refractivity contribution in [3.63, 3.8) is 0 Å². The highest BCUT2D eigenvalue weighted by Gasteiger charge is 2.32. The van der Waals surface area contributed by atoms with E-state index in [1.54, 1.807) is 9.42 Å². The van der Waals surface area contributed by atoms with Gasteiger partial charge >= 0.3 is 0 Å². The van der Waals surface area contributed by atoms with Gasteiger partial charge in [-0.25, -0.2) is 13.9 Å². The van der Waals surface area contributed by atoms with Gasteiger partial charge in [-0.2, -0.15) is 5.10 Å². The van der Waals surface area contributed by atoms with Gasteiger partial charge in [0.2, 0.25) is 0 Å². The number of carbonyl (C=O) groups excluding carboxylic acids is 1. The molecule has 2 atom stereocenters. The summed E-state index contributed by atoms with van der Waals surface area (Å²) >= 11 is 6.18. The van der Waals surface area contributed by atoms with E-state index in [0.29, 0.717) is 12.1 Å². The summed E-state index contributed by atoms with van der Waals surface area (Å²) in [5.41, 5.74) is 8.98. The van der Waals surface area contributed by atoms with Crippen LogP contribution in [0.25, 0.3) is 5.65 Å². The number of aromatic nitrogens is 3. The van der Waals surface area contributed by atoms with Crippen molar-refractivity contribution in [2.45, 2.75) is 44.7 Å². The minimum Gasteiger partial charge on any atom is -0.355 e. The number of likely N-dealkylation sites (tertiary alicyclic amines) is 1. The van der Waals surface area contributed by atoms with Gasteiger partial charge in [-0.05, 0) is 50.8 Å². The molecule has 7 nitrogen and oxygen atoms in total. The second-order valence-electron chi connectivity index (χ2n) is 8.75. The van der Waals surface area contributed by atoms with E-state index in [0.717, 1.165) is 61.5 Å². The van der Waals surface area contributed by atoms with Crippen molar-refractivity contribution in [3.05, 3.63) is 58.1 Å². The van der Waals surface area contributed by atoms with Crippen LogP contribution < -0.4 is 10.6 Å². The van der Waals surface area contributed by atoms with Crippen molar-refractivity contribution in [3.8, 4) is 0 Å². The van der Waals surface area contributed by atoms with Crippen LogP contribution >= 0.6 is 11.6 Å². The van der Waals surface area contributed by atoms with Crippen LogP contribution in [0, 0.1) is 12.7 Å². The van der Waals surface area contributed by atoms with E-state index in [2.05, 4.69) is 4.90 Å². The van der Waals surface area contributed by atoms with E-state index in [1.165, 1.54) is 18.2 Å². The van der Waals surface area contributed by atoms with Crippen LogP contribution in [0.4, 0.5) is 10.2 Å². The number of aryl methyl sites for hydroxylation is 1. The highest BCUT2D eigenvalue weighted by Crippen LogP contribution is 2.33. The number of amides is 1. The molecular weight excluding hydrogens is 431 g/mol. The largest absolute Gasteiger partial charge is 0.355 e. The van der Waals surface area contributed by atoms with Crippen molar-refractivity contribution in [2.75, 3.05) is 24.5 Å². The van der Waals surface area contributed by atoms with Crippen LogP contribution in [0.5, 0.6) is 0 Å². The smallest absolute Gasteiger partial charge is 0.255 e. The minimum atomic E-state index is -0.460. The molecule has 2 aromatic heterocycles. The molecule has 9 heteroatoms. The topological polar surface area (TPSA) is 79.8 Å². The van der Waals surface area contributed by atoms with E-state index in [1.807, 2.05) is 19.2 Å². The van der Waals surface area contributed by atoms with Gasteiger partial charge < -0.3 is 15.5 Å². The molecule has 2 saturated heterocycles. The number of fused-ring (bicyclic) bond motifs is 1. The molecule has 1 aromatic carbocycles. The summed E-state index contributed by atoms with van der Waals surface area (Å²) in [6, 6.07) is 5.85. The lowest BCUT2D eigenvalue weighted by molar-refractivity contribution is 0.0606. The van der Waals surface area contributed by atoms with Crippen LogP contribution in [0.1, 0.15) is 53.3 Å². The van der Waals surface area contributed by atoms with Crippen LogP contribution in [-0.4, -0.2) is 51.1 Å². The zero-order chi connectivity index (χ0) is 22.4. The molecule has 4 heterocycles. The van der Waals surface area contributed by atoms with Crippen LogP contribution in [0.2, 0.25) is 5.02 Å². The van der Waals surface area contributed by atoms with E-state index in [9.17, 15) is 9.18 Å². The Morgan fingerprint density at radius 1 is 1.22 bits per heavy atom. The van der Waals surface area contributed by atoms with Crippen LogP contribution in [-0.2, 0) is 0 Å². The van der Waals surface area contributed by atoms with Crippen LogP contribution in [0.15, 0.2) is 30.5 Å². The fraction of sp³-hybridized carbons (Fsp3) is 0.435. The average Bonchev–Trinajstić information content (AvgIpc) is 3.38. The Morgan fingerprint density at radius 2 is 2.06 bits per heavy atom. The summed E-state index contributed by atoms with van der Waals surface area (Å²) in [6.45, 7) is 4.33. The first kappa shape index (κ1) is 21.2. The molecule has 0 spiro atoms. The second kappa shape index (κ2) is 8.33. The molecule has 5 rings (SSSR count). The number of carbonyl (C=O) groups is 1. The molecule has 2 aliphatic rings. The molecule has 1 amide bonds. The first-order valence-corrected chi connectivity index (χ1v) is 11.4. The van der Waals surface area contributed by atoms with Crippen molar-refractivity contribution in [1.82, 2.24) is 19.5 Å². The summed E-state index contributed by atoms with van der Waals surface area (Å²) in [6.07, 6.45) is 5.66. The summed E-state index contributed by atoms with van der Waals surface area (Å²) in [7, 11) is 0. The number of hydrogen-bond donors (Lipinski definition) is 1. The molecule has 0 saturated carbocycles. The number of nitrogens with zero attached hydrogens (tertiary/aromatic N) is 5. The molecule has 0 bridgehead atoms. The number of piperidine rings is 1. The Labute approximate surface area is 191 Å². The first-order valence-electron chi connectivity index (χ1n) is 11.0. The van der Waals surface area contributed by atoms with Crippen molar-refractivity contribution < 1.29 is 9.18 Å². The Balaban J connectivity index is 1.47. The van der Waals surface area contributed by atoms with Crippen molar-refractivity contribution in [2.24, 2.45) is 5.73 Å². The SMILES string of the molecule is Cc1cn2nc([C@@H]3CCCCN3C(=O)c3ccc(F)cc3Cl)cc2nc1N1CC[C@H](N)C1. The van der Waals surface area contributed by atoms with Gasteiger partial charge in [-0.15, -0.1) is 0 Å². The van der Waals surface area contributed by atoms with E-state index >= 15 is 0 Å². The molecule has 0 unspecified atom stereocenters.